The molecule has 1 aliphatic carbocycles. The number of hydrogen-bond donors (Lipinski definition) is 1. The Morgan fingerprint density at radius 3 is 2.85 bits per heavy atom. The third kappa shape index (κ3) is 3.35. The minimum Gasteiger partial charge on any atom is -0.458 e. The van der Waals surface area contributed by atoms with Gasteiger partial charge in [0.25, 0.3) is 0 Å². The zero-order valence-electron chi connectivity index (χ0n) is 15.7. The molecule has 0 amide bonds. The molecule has 3 aliphatic rings. The molecule has 6 heteroatoms. The van der Waals surface area contributed by atoms with Crippen LogP contribution in [0.25, 0.3) is 0 Å². The normalized spacial score (nSPS) is 42.1. The summed E-state index contributed by atoms with van der Waals surface area (Å²) in [5.74, 6) is -1.43. The van der Waals surface area contributed by atoms with E-state index in [0.29, 0.717) is 24.0 Å². The van der Waals surface area contributed by atoms with E-state index >= 15 is 0 Å². The third-order valence-corrected chi connectivity index (χ3v) is 5.71. The lowest BCUT2D eigenvalue weighted by atomic mass is 9.82. The topological polar surface area (TPSA) is 85.4 Å². The fraction of sp³-hybridized carbons (Fsp3) is 0.600. The maximum atomic E-state index is 12.4. The second-order valence-corrected chi connectivity index (χ2v) is 7.62. The van der Waals surface area contributed by atoms with Crippen molar-refractivity contribution < 1.29 is 28.9 Å². The van der Waals surface area contributed by atoms with E-state index in [-0.39, 0.29) is 11.7 Å². The first-order chi connectivity index (χ1) is 12.2. The fourth-order valence-corrected chi connectivity index (χ4v) is 3.70. The lowest BCUT2D eigenvalue weighted by Crippen LogP contribution is -2.37. The Labute approximate surface area is 153 Å². The van der Waals surface area contributed by atoms with E-state index in [1.165, 1.54) is 0 Å². The molecule has 0 unspecified atom stereocenters. The highest BCUT2D eigenvalue weighted by molar-refractivity contribution is 5.92. The number of allylic oxidation sites excluding steroid dienone is 1. The number of ether oxygens (including phenoxy) is 3. The van der Waals surface area contributed by atoms with Gasteiger partial charge in [-0.15, -0.1) is 0 Å². The molecular weight excluding hydrogens is 336 g/mol. The monoisotopic (exact) mass is 362 g/mol. The van der Waals surface area contributed by atoms with Crippen LogP contribution in [0.4, 0.5) is 0 Å². The highest BCUT2D eigenvalue weighted by atomic mass is 16.6. The summed E-state index contributed by atoms with van der Waals surface area (Å²) in [5, 5.41) is 10.4. The summed E-state index contributed by atoms with van der Waals surface area (Å²) in [6, 6.07) is 0. The number of esters is 2. The average molecular weight is 362 g/mol. The summed E-state index contributed by atoms with van der Waals surface area (Å²) in [6.07, 6.45) is 2.29. The molecule has 2 aliphatic heterocycles. The van der Waals surface area contributed by atoms with Crippen molar-refractivity contribution in [1.29, 1.82) is 0 Å². The average Bonchev–Trinajstić information content (AvgIpc) is 3.11. The highest BCUT2D eigenvalue weighted by Gasteiger charge is 2.57. The second-order valence-electron chi connectivity index (χ2n) is 7.62. The molecule has 142 valence electrons. The van der Waals surface area contributed by atoms with E-state index < -0.39 is 41.8 Å². The Hall–Kier alpha value is -1.92. The van der Waals surface area contributed by atoms with Crippen LogP contribution < -0.4 is 0 Å². The zero-order chi connectivity index (χ0) is 19.2. The van der Waals surface area contributed by atoms with Gasteiger partial charge in [-0.3, -0.25) is 0 Å². The predicted molar refractivity (Wildman–Crippen MR) is 94.1 cm³/mol. The van der Waals surface area contributed by atoms with Crippen LogP contribution in [0.15, 0.2) is 35.5 Å². The molecule has 0 radical (unpaired) electrons. The molecule has 0 aromatic rings. The first-order valence-electron chi connectivity index (χ1n) is 8.94. The molecule has 6 atom stereocenters. The SMILES string of the molecule is C=C1C(=O)O[C@@H]2/C=C(/C)[C@@H](O)C[C@H]3O[C@@]3(C)C[C@@H](OC(=O)/C(C)=C/C)[C@@H]12. The van der Waals surface area contributed by atoms with Gasteiger partial charge in [0.05, 0.1) is 23.7 Å². The van der Waals surface area contributed by atoms with Crippen molar-refractivity contribution in [3.63, 3.8) is 0 Å². The van der Waals surface area contributed by atoms with Crippen molar-refractivity contribution in [3.05, 3.63) is 35.5 Å². The molecule has 26 heavy (non-hydrogen) atoms. The summed E-state index contributed by atoms with van der Waals surface area (Å²) in [5.41, 5.74) is 0.974. The van der Waals surface area contributed by atoms with Crippen LogP contribution in [0.1, 0.15) is 40.5 Å². The molecule has 0 aromatic heterocycles. The number of epoxide rings is 1. The number of hydrogen-bond acceptors (Lipinski definition) is 6. The maximum absolute atomic E-state index is 12.4. The summed E-state index contributed by atoms with van der Waals surface area (Å²) < 4.78 is 17.0. The highest BCUT2D eigenvalue weighted by Crippen LogP contribution is 2.47. The molecular formula is C20H26O6. The van der Waals surface area contributed by atoms with E-state index in [4.69, 9.17) is 14.2 Å². The lowest BCUT2D eigenvalue weighted by molar-refractivity contribution is -0.148. The Bertz CT molecular complexity index is 705. The zero-order valence-corrected chi connectivity index (χ0v) is 15.7. The van der Waals surface area contributed by atoms with Crippen molar-refractivity contribution in [2.24, 2.45) is 5.92 Å². The van der Waals surface area contributed by atoms with Gasteiger partial charge < -0.3 is 19.3 Å². The number of aliphatic hydroxyl groups is 1. The smallest absolute Gasteiger partial charge is 0.334 e. The molecule has 0 bridgehead atoms. The Balaban J connectivity index is 1.98. The van der Waals surface area contributed by atoms with Gasteiger partial charge in [-0.25, -0.2) is 9.59 Å². The summed E-state index contributed by atoms with van der Waals surface area (Å²) in [6.45, 7) is 11.0. The summed E-state index contributed by atoms with van der Waals surface area (Å²) in [4.78, 5) is 24.5. The van der Waals surface area contributed by atoms with E-state index in [1.807, 2.05) is 6.92 Å². The number of aliphatic hydroxyl groups excluding tert-OH is 1. The van der Waals surface area contributed by atoms with Crippen molar-refractivity contribution in [2.75, 3.05) is 0 Å². The van der Waals surface area contributed by atoms with Crippen molar-refractivity contribution in [1.82, 2.24) is 0 Å². The van der Waals surface area contributed by atoms with Crippen LogP contribution in [-0.4, -0.2) is 47.1 Å². The quantitative estimate of drug-likeness (QED) is 0.351. The minimum absolute atomic E-state index is 0.118. The molecule has 2 heterocycles. The Kier molecular flexibility index (Phi) is 4.84. The van der Waals surface area contributed by atoms with E-state index in [0.717, 1.165) is 0 Å². The number of carbonyl (C=O) groups excluding carboxylic acids is 2. The van der Waals surface area contributed by atoms with Gasteiger partial charge in [-0.1, -0.05) is 12.7 Å². The molecule has 2 saturated heterocycles. The first-order valence-corrected chi connectivity index (χ1v) is 8.94. The molecule has 1 N–H and O–H groups in total. The van der Waals surface area contributed by atoms with Crippen LogP contribution in [0, 0.1) is 5.92 Å². The van der Waals surface area contributed by atoms with Crippen LogP contribution >= 0.6 is 0 Å². The second kappa shape index (κ2) is 6.67. The largest absolute Gasteiger partial charge is 0.458 e. The van der Waals surface area contributed by atoms with E-state index in [1.54, 1.807) is 32.9 Å². The molecule has 0 aromatic carbocycles. The molecule has 3 rings (SSSR count). The molecule has 0 saturated carbocycles. The third-order valence-electron chi connectivity index (χ3n) is 5.71. The fourth-order valence-electron chi connectivity index (χ4n) is 3.70. The van der Waals surface area contributed by atoms with Crippen LogP contribution in [-0.2, 0) is 23.8 Å². The van der Waals surface area contributed by atoms with E-state index in [9.17, 15) is 14.7 Å². The first kappa shape index (κ1) is 18.9. The molecule has 6 nitrogen and oxygen atoms in total. The van der Waals surface area contributed by atoms with Crippen LogP contribution in [0.2, 0.25) is 0 Å². The van der Waals surface area contributed by atoms with Gasteiger partial charge in [0.2, 0.25) is 0 Å². The van der Waals surface area contributed by atoms with E-state index in [2.05, 4.69) is 6.58 Å². The van der Waals surface area contributed by atoms with Crippen LogP contribution in [0.5, 0.6) is 0 Å². The minimum atomic E-state index is -0.667. The maximum Gasteiger partial charge on any atom is 0.334 e. The van der Waals surface area contributed by atoms with Gasteiger partial charge in [0, 0.05) is 24.0 Å². The summed E-state index contributed by atoms with van der Waals surface area (Å²) >= 11 is 0. The standard InChI is InChI=1S/C20H26O6/c1-6-10(2)18(22)25-15-9-20(5)16(26-20)8-13(21)11(3)7-14-17(15)12(4)19(23)24-14/h6-7,13-17,21H,4,8-9H2,1-3,5H3/b10-6+,11-7-/t13-,14+,15+,16+,17-,20-/m0/s1. The van der Waals surface area contributed by atoms with Crippen molar-refractivity contribution >= 4 is 11.9 Å². The van der Waals surface area contributed by atoms with Crippen molar-refractivity contribution in [3.8, 4) is 0 Å². The van der Waals surface area contributed by atoms with Gasteiger partial charge in [0.15, 0.2) is 0 Å². The Morgan fingerprint density at radius 1 is 1.50 bits per heavy atom. The predicted octanol–water partition coefficient (Wildman–Crippen LogP) is 2.22. The van der Waals surface area contributed by atoms with Crippen LogP contribution in [0.3, 0.4) is 0 Å². The van der Waals surface area contributed by atoms with Gasteiger partial charge in [0.1, 0.15) is 12.2 Å². The number of rotatable bonds is 2. The van der Waals surface area contributed by atoms with Gasteiger partial charge >= 0.3 is 11.9 Å². The van der Waals surface area contributed by atoms with Crippen molar-refractivity contribution in [2.45, 2.75) is 70.6 Å². The molecule has 0 spiro atoms. The lowest BCUT2D eigenvalue weighted by Gasteiger charge is -2.29. The number of carbonyl (C=O) groups is 2. The number of fused-ring (bicyclic) bond motifs is 2. The summed E-state index contributed by atoms with van der Waals surface area (Å²) in [7, 11) is 0. The van der Waals surface area contributed by atoms with Gasteiger partial charge in [-0.2, -0.15) is 0 Å². The Morgan fingerprint density at radius 2 is 2.19 bits per heavy atom. The van der Waals surface area contributed by atoms with Gasteiger partial charge in [-0.05, 0) is 39.3 Å². The molecule has 2 fully saturated rings.